The van der Waals surface area contributed by atoms with Crippen LogP contribution in [0.3, 0.4) is 0 Å². The first-order valence-corrected chi connectivity index (χ1v) is 7.31. The molecule has 20 heavy (non-hydrogen) atoms. The van der Waals surface area contributed by atoms with Crippen molar-refractivity contribution in [2.45, 2.75) is 40.0 Å². The maximum atomic E-state index is 5.54. The highest BCUT2D eigenvalue weighted by molar-refractivity contribution is 5.44. The van der Waals surface area contributed by atoms with Gasteiger partial charge in [0, 0.05) is 16.9 Å². The van der Waals surface area contributed by atoms with Gasteiger partial charge in [-0.15, -0.1) is 0 Å². The molecule has 1 unspecified atom stereocenters. The highest BCUT2D eigenvalue weighted by Gasteiger charge is 2.34. The summed E-state index contributed by atoms with van der Waals surface area (Å²) in [6, 6.07) is 8.34. The average molecular weight is 270 g/mol. The van der Waals surface area contributed by atoms with Gasteiger partial charge in [0.2, 0.25) is 0 Å². The molecule has 1 aromatic rings. The van der Waals surface area contributed by atoms with E-state index in [1.807, 2.05) is 12.1 Å². The molecule has 1 aliphatic rings. The zero-order valence-electron chi connectivity index (χ0n) is 13.5. The summed E-state index contributed by atoms with van der Waals surface area (Å²) >= 11 is 0. The van der Waals surface area contributed by atoms with Gasteiger partial charge in [-0.1, -0.05) is 71.0 Å². The Bertz CT molecular complexity index is 541. The lowest BCUT2D eigenvalue weighted by atomic mass is 9.73. The van der Waals surface area contributed by atoms with Gasteiger partial charge in [0.1, 0.15) is 5.75 Å². The highest BCUT2D eigenvalue weighted by atomic mass is 16.5. The molecule has 1 heteroatoms. The molecule has 0 bridgehead atoms. The van der Waals surface area contributed by atoms with Crippen molar-refractivity contribution >= 4 is 0 Å². The Labute approximate surface area is 123 Å². The molecule has 108 valence electrons. The van der Waals surface area contributed by atoms with Crippen LogP contribution in [0.25, 0.3) is 0 Å². The normalized spacial score (nSPS) is 19.1. The van der Waals surface area contributed by atoms with Crippen molar-refractivity contribution in [1.29, 1.82) is 0 Å². The van der Waals surface area contributed by atoms with Crippen LogP contribution in [-0.2, 0) is 5.41 Å². The van der Waals surface area contributed by atoms with Gasteiger partial charge >= 0.3 is 0 Å². The quantitative estimate of drug-likeness (QED) is 0.739. The highest BCUT2D eigenvalue weighted by Crippen LogP contribution is 2.43. The minimum Gasteiger partial charge on any atom is -0.496 e. The lowest BCUT2D eigenvalue weighted by Crippen LogP contribution is -2.26. The van der Waals surface area contributed by atoms with Crippen molar-refractivity contribution in [3.63, 3.8) is 0 Å². The van der Waals surface area contributed by atoms with E-state index in [-0.39, 0.29) is 10.8 Å². The standard InChI is InChI=1S/C19H26O/c1-18(2,3)14-11-12-15(13-14)19(4,5)16-9-7-8-10-17(16)20-6/h7-13,15H,1-6H3. The van der Waals surface area contributed by atoms with E-state index in [0.29, 0.717) is 5.92 Å². The largest absolute Gasteiger partial charge is 0.496 e. The zero-order chi connectivity index (χ0) is 15.0. The van der Waals surface area contributed by atoms with Crippen molar-refractivity contribution < 1.29 is 4.74 Å². The smallest absolute Gasteiger partial charge is 0.122 e. The fourth-order valence-electron chi connectivity index (χ4n) is 2.82. The molecular weight excluding hydrogens is 244 g/mol. The number of hydrogen-bond donors (Lipinski definition) is 0. The molecule has 0 aromatic heterocycles. The monoisotopic (exact) mass is 270 g/mol. The van der Waals surface area contributed by atoms with Gasteiger partial charge in [-0.05, 0) is 17.1 Å². The van der Waals surface area contributed by atoms with E-state index in [4.69, 9.17) is 4.74 Å². The summed E-state index contributed by atoms with van der Waals surface area (Å²) in [4.78, 5) is 0. The van der Waals surface area contributed by atoms with Crippen molar-refractivity contribution in [1.82, 2.24) is 0 Å². The third kappa shape index (κ3) is 2.67. The first kappa shape index (κ1) is 14.9. The number of ether oxygens (including phenoxy) is 1. The molecule has 0 saturated carbocycles. The molecule has 0 fully saturated rings. The van der Waals surface area contributed by atoms with Crippen LogP contribution in [0.15, 0.2) is 48.1 Å². The van der Waals surface area contributed by atoms with E-state index in [1.165, 1.54) is 11.1 Å². The number of para-hydroxylation sites is 1. The van der Waals surface area contributed by atoms with Crippen molar-refractivity contribution in [3.05, 3.63) is 53.6 Å². The van der Waals surface area contributed by atoms with Crippen LogP contribution in [-0.4, -0.2) is 7.11 Å². The lowest BCUT2D eigenvalue weighted by molar-refractivity contribution is 0.375. The molecule has 0 radical (unpaired) electrons. The Balaban J connectivity index is 2.38. The topological polar surface area (TPSA) is 9.23 Å². The number of methoxy groups -OCH3 is 1. The van der Waals surface area contributed by atoms with E-state index >= 15 is 0 Å². The molecule has 1 atom stereocenters. The van der Waals surface area contributed by atoms with Crippen LogP contribution in [0.5, 0.6) is 5.75 Å². The Morgan fingerprint density at radius 2 is 1.65 bits per heavy atom. The van der Waals surface area contributed by atoms with Gasteiger partial charge in [0.15, 0.2) is 0 Å². The van der Waals surface area contributed by atoms with Crippen molar-refractivity contribution in [3.8, 4) is 5.75 Å². The van der Waals surface area contributed by atoms with Crippen LogP contribution >= 0.6 is 0 Å². The van der Waals surface area contributed by atoms with Crippen LogP contribution < -0.4 is 4.74 Å². The predicted octanol–water partition coefficient (Wildman–Crippen LogP) is 5.13. The molecule has 1 aromatic carbocycles. The molecular formula is C19H26O. The second kappa shape index (κ2) is 5.12. The molecule has 0 saturated heterocycles. The summed E-state index contributed by atoms with van der Waals surface area (Å²) < 4.78 is 5.54. The Morgan fingerprint density at radius 1 is 1.00 bits per heavy atom. The number of rotatable bonds is 3. The van der Waals surface area contributed by atoms with E-state index in [0.717, 1.165) is 5.75 Å². The number of allylic oxidation sites excluding steroid dienone is 4. The predicted molar refractivity (Wildman–Crippen MR) is 86.2 cm³/mol. The molecule has 0 aliphatic heterocycles. The third-order valence-electron chi connectivity index (χ3n) is 4.34. The van der Waals surface area contributed by atoms with Gasteiger partial charge in [0.05, 0.1) is 7.11 Å². The summed E-state index contributed by atoms with van der Waals surface area (Å²) in [5, 5.41) is 0. The Hall–Kier alpha value is -1.50. The van der Waals surface area contributed by atoms with Gasteiger partial charge in [0.25, 0.3) is 0 Å². The molecule has 0 amide bonds. The van der Waals surface area contributed by atoms with Crippen molar-refractivity contribution in [2.24, 2.45) is 11.3 Å². The number of benzene rings is 1. The van der Waals surface area contributed by atoms with Gasteiger partial charge < -0.3 is 4.74 Å². The zero-order valence-corrected chi connectivity index (χ0v) is 13.5. The van der Waals surface area contributed by atoms with Crippen LogP contribution in [0.1, 0.15) is 40.2 Å². The fourth-order valence-corrected chi connectivity index (χ4v) is 2.82. The van der Waals surface area contributed by atoms with Gasteiger partial charge in [-0.25, -0.2) is 0 Å². The second-order valence-corrected chi connectivity index (χ2v) is 7.18. The second-order valence-electron chi connectivity index (χ2n) is 7.18. The molecule has 0 spiro atoms. The maximum absolute atomic E-state index is 5.54. The first-order valence-electron chi connectivity index (χ1n) is 7.31. The lowest BCUT2D eigenvalue weighted by Gasteiger charge is -2.32. The maximum Gasteiger partial charge on any atom is 0.122 e. The summed E-state index contributed by atoms with van der Waals surface area (Å²) in [7, 11) is 1.75. The van der Waals surface area contributed by atoms with Crippen LogP contribution in [0.4, 0.5) is 0 Å². The SMILES string of the molecule is COc1ccccc1C(C)(C)C1C=CC(C(C)(C)C)=C1. The average Bonchev–Trinajstić information content (AvgIpc) is 2.88. The summed E-state index contributed by atoms with van der Waals surface area (Å²) in [6.07, 6.45) is 7.02. The minimum atomic E-state index is 0.0239. The molecule has 1 aliphatic carbocycles. The third-order valence-corrected chi connectivity index (χ3v) is 4.34. The number of hydrogen-bond acceptors (Lipinski definition) is 1. The minimum absolute atomic E-state index is 0.0239. The summed E-state index contributed by atoms with van der Waals surface area (Å²) in [6.45, 7) is 11.4. The van der Waals surface area contributed by atoms with Crippen molar-refractivity contribution in [2.75, 3.05) is 7.11 Å². The first-order chi connectivity index (χ1) is 9.26. The molecule has 2 rings (SSSR count). The Kier molecular flexibility index (Phi) is 3.82. The molecule has 0 heterocycles. The van der Waals surface area contributed by atoms with Crippen LogP contribution in [0, 0.1) is 11.3 Å². The van der Waals surface area contributed by atoms with Gasteiger partial charge in [-0.2, -0.15) is 0 Å². The molecule has 1 nitrogen and oxygen atoms in total. The molecule has 0 N–H and O–H groups in total. The summed E-state index contributed by atoms with van der Waals surface area (Å²) in [5.74, 6) is 1.39. The Morgan fingerprint density at radius 3 is 2.20 bits per heavy atom. The fraction of sp³-hybridized carbons (Fsp3) is 0.474. The van der Waals surface area contributed by atoms with E-state index in [1.54, 1.807) is 7.11 Å². The van der Waals surface area contributed by atoms with Crippen LogP contribution in [0.2, 0.25) is 0 Å². The van der Waals surface area contributed by atoms with E-state index < -0.39 is 0 Å². The van der Waals surface area contributed by atoms with E-state index in [9.17, 15) is 0 Å². The van der Waals surface area contributed by atoms with E-state index in [2.05, 4.69) is 65.0 Å². The summed E-state index contributed by atoms with van der Waals surface area (Å²) in [5.41, 5.74) is 2.92. The van der Waals surface area contributed by atoms with Gasteiger partial charge in [-0.3, -0.25) is 0 Å².